The van der Waals surface area contributed by atoms with Crippen molar-refractivity contribution in [2.75, 3.05) is 37.6 Å². The molecule has 1 aromatic carbocycles. The number of para-hydroxylation sites is 1. The van der Waals surface area contributed by atoms with Gasteiger partial charge in [0.1, 0.15) is 11.8 Å². The summed E-state index contributed by atoms with van der Waals surface area (Å²) in [5, 5.41) is 18.7. The third kappa shape index (κ3) is 2.78. The molecule has 1 aromatic heterocycles. The number of nitrogens with zero attached hydrogens (tertiary/aromatic N) is 6. The molecule has 114 valence electrons. The lowest BCUT2D eigenvalue weighted by molar-refractivity contribution is 0.270. The molecule has 7 heteroatoms. The van der Waals surface area contributed by atoms with Crippen LogP contribution in [0.25, 0.3) is 5.69 Å². The largest absolute Gasteiger partial charge is 0.350 e. The number of halogens is 1. The lowest BCUT2D eigenvalue weighted by Crippen LogP contribution is -2.46. The zero-order valence-corrected chi connectivity index (χ0v) is 13.2. The van der Waals surface area contributed by atoms with E-state index in [4.69, 9.17) is 11.6 Å². The second kappa shape index (κ2) is 6.34. The minimum atomic E-state index is 0.338. The average molecular weight is 317 g/mol. The minimum absolute atomic E-state index is 0.338. The first-order valence-corrected chi connectivity index (χ1v) is 7.70. The molecule has 0 amide bonds. The Morgan fingerprint density at radius 1 is 1.18 bits per heavy atom. The molecule has 1 saturated heterocycles. The minimum Gasteiger partial charge on any atom is -0.350 e. The first-order valence-electron chi connectivity index (χ1n) is 7.32. The highest BCUT2D eigenvalue weighted by atomic mass is 35.5. The molecule has 0 bridgehead atoms. The summed E-state index contributed by atoms with van der Waals surface area (Å²) in [6, 6.07) is 9.48. The molecule has 0 atom stereocenters. The molecular weight excluding hydrogens is 300 g/mol. The van der Waals surface area contributed by atoms with Gasteiger partial charge in [-0.1, -0.05) is 30.7 Å². The summed E-state index contributed by atoms with van der Waals surface area (Å²) in [7, 11) is 0. The number of benzene rings is 1. The molecule has 0 spiro atoms. The van der Waals surface area contributed by atoms with E-state index in [-0.39, 0.29) is 0 Å². The van der Waals surface area contributed by atoms with Crippen LogP contribution >= 0.6 is 11.6 Å². The molecule has 1 aliphatic heterocycles. The van der Waals surface area contributed by atoms with Crippen molar-refractivity contribution in [2.45, 2.75) is 6.92 Å². The van der Waals surface area contributed by atoms with Gasteiger partial charge in [-0.3, -0.25) is 0 Å². The number of nitriles is 1. The van der Waals surface area contributed by atoms with Gasteiger partial charge in [0.15, 0.2) is 5.82 Å². The highest BCUT2D eigenvalue weighted by Gasteiger charge is 2.23. The smallest absolute Gasteiger partial charge is 0.207 e. The monoisotopic (exact) mass is 316 g/mol. The Bertz CT molecular complexity index is 696. The normalized spacial score (nSPS) is 15.8. The van der Waals surface area contributed by atoms with Gasteiger partial charge in [-0.2, -0.15) is 5.26 Å². The van der Waals surface area contributed by atoms with E-state index in [0.717, 1.165) is 32.7 Å². The van der Waals surface area contributed by atoms with Crippen molar-refractivity contribution < 1.29 is 0 Å². The molecule has 0 unspecified atom stereocenters. The molecule has 0 N–H and O–H groups in total. The first kappa shape index (κ1) is 14.8. The van der Waals surface area contributed by atoms with E-state index in [9.17, 15) is 5.26 Å². The maximum Gasteiger partial charge on any atom is 0.207 e. The molecule has 0 radical (unpaired) electrons. The number of piperazine rings is 1. The fourth-order valence-corrected chi connectivity index (χ4v) is 2.79. The molecule has 1 fully saturated rings. The van der Waals surface area contributed by atoms with E-state index < -0.39 is 0 Å². The molecule has 6 nitrogen and oxygen atoms in total. The molecule has 0 aliphatic carbocycles. The topological polar surface area (TPSA) is 61.0 Å². The van der Waals surface area contributed by atoms with E-state index >= 15 is 0 Å². The van der Waals surface area contributed by atoms with Gasteiger partial charge in [0.2, 0.25) is 5.69 Å². The van der Waals surface area contributed by atoms with Crippen molar-refractivity contribution in [3.8, 4) is 11.8 Å². The van der Waals surface area contributed by atoms with Crippen molar-refractivity contribution in [1.29, 1.82) is 5.26 Å². The van der Waals surface area contributed by atoms with Crippen LogP contribution in [0.3, 0.4) is 0 Å². The summed E-state index contributed by atoms with van der Waals surface area (Å²) in [6.45, 7) is 6.85. The summed E-state index contributed by atoms with van der Waals surface area (Å²) in [5.74, 6) is 0.637. The van der Waals surface area contributed by atoms with Crippen LogP contribution < -0.4 is 4.90 Å². The van der Waals surface area contributed by atoms with Crippen LogP contribution in [0.5, 0.6) is 0 Å². The van der Waals surface area contributed by atoms with Gasteiger partial charge in [0, 0.05) is 26.2 Å². The third-order valence-electron chi connectivity index (χ3n) is 3.89. The summed E-state index contributed by atoms with van der Waals surface area (Å²) < 4.78 is 0. The van der Waals surface area contributed by atoms with Gasteiger partial charge in [-0.25, -0.2) is 0 Å². The predicted molar refractivity (Wildman–Crippen MR) is 85.4 cm³/mol. The van der Waals surface area contributed by atoms with Gasteiger partial charge in [-0.05, 0) is 18.7 Å². The van der Waals surface area contributed by atoms with Crippen LogP contribution in [0, 0.1) is 11.3 Å². The van der Waals surface area contributed by atoms with E-state index in [1.54, 1.807) is 6.07 Å². The molecule has 1 aliphatic rings. The summed E-state index contributed by atoms with van der Waals surface area (Å²) >= 11 is 6.18. The number of hydrogen-bond donors (Lipinski definition) is 0. The van der Waals surface area contributed by atoms with E-state index in [2.05, 4.69) is 33.0 Å². The van der Waals surface area contributed by atoms with Crippen LogP contribution in [-0.2, 0) is 0 Å². The second-order valence-electron chi connectivity index (χ2n) is 5.15. The lowest BCUT2D eigenvalue weighted by Gasteiger charge is -2.33. The Labute approximate surface area is 134 Å². The highest BCUT2D eigenvalue weighted by Crippen LogP contribution is 2.22. The number of hydrogen-bond acceptors (Lipinski definition) is 5. The van der Waals surface area contributed by atoms with E-state index in [1.165, 1.54) is 4.80 Å². The first-order chi connectivity index (χ1) is 10.7. The zero-order chi connectivity index (χ0) is 15.5. The van der Waals surface area contributed by atoms with E-state index in [0.29, 0.717) is 22.2 Å². The standard InChI is InChI=1S/C15H17ClN6/c1-2-20-7-9-21(10-8-20)15-13(11-17)18-22(19-15)14-6-4-3-5-12(14)16/h3-6H,2,7-10H2,1H3. The van der Waals surface area contributed by atoms with Crippen molar-refractivity contribution in [3.63, 3.8) is 0 Å². The molecular formula is C15H17ClN6. The Morgan fingerprint density at radius 2 is 1.91 bits per heavy atom. The van der Waals surface area contributed by atoms with Crippen LogP contribution in [0.2, 0.25) is 5.02 Å². The van der Waals surface area contributed by atoms with Gasteiger partial charge >= 0.3 is 0 Å². The SMILES string of the molecule is CCN1CCN(c2nn(-c3ccccc3Cl)nc2C#N)CC1. The summed E-state index contributed by atoms with van der Waals surface area (Å²) in [4.78, 5) is 5.94. The number of rotatable bonds is 3. The highest BCUT2D eigenvalue weighted by molar-refractivity contribution is 6.32. The van der Waals surface area contributed by atoms with Crippen LogP contribution in [0.4, 0.5) is 5.82 Å². The Balaban J connectivity index is 1.90. The molecule has 3 rings (SSSR count). The zero-order valence-electron chi connectivity index (χ0n) is 12.4. The number of aromatic nitrogens is 3. The van der Waals surface area contributed by atoms with Gasteiger partial charge in [0.05, 0.1) is 5.02 Å². The Hall–Kier alpha value is -2.10. The van der Waals surface area contributed by atoms with Gasteiger partial charge in [-0.15, -0.1) is 15.0 Å². The van der Waals surface area contributed by atoms with Crippen molar-refractivity contribution in [3.05, 3.63) is 35.0 Å². The quantitative estimate of drug-likeness (QED) is 0.866. The van der Waals surface area contributed by atoms with Crippen LogP contribution in [0.15, 0.2) is 24.3 Å². The Kier molecular flexibility index (Phi) is 4.27. The number of anilines is 1. The second-order valence-corrected chi connectivity index (χ2v) is 5.55. The van der Waals surface area contributed by atoms with E-state index in [1.807, 2.05) is 18.2 Å². The molecule has 2 aromatic rings. The van der Waals surface area contributed by atoms with Crippen molar-refractivity contribution in [2.24, 2.45) is 0 Å². The average Bonchev–Trinajstić information content (AvgIpc) is 2.99. The van der Waals surface area contributed by atoms with Gasteiger partial charge < -0.3 is 9.80 Å². The van der Waals surface area contributed by atoms with Crippen molar-refractivity contribution in [1.82, 2.24) is 19.9 Å². The summed E-state index contributed by atoms with van der Waals surface area (Å²) in [5.41, 5.74) is 1.02. The number of likely N-dealkylation sites (N-methyl/N-ethyl adjacent to an activating group) is 1. The van der Waals surface area contributed by atoms with Crippen LogP contribution in [-0.4, -0.2) is 52.6 Å². The van der Waals surface area contributed by atoms with Crippen LogP contribution in [0.1, 0.15) is 12.6 Å². The fourth-order valence-electron chi connectivity index (χ4n) is 2.58. The maximum absolute atomic E-state index is 9.34. The maximum atomic E-state index is 9.34. The van der Waals surface area contributed by atoms with Gasteiger partial charge in [0.25, 0.3) is 0 Å². The molecule has 22 heavy (non-hydrogen) atoms. The third-order valence-corrected chi connectivity index (χ3v) is 4.21. The fraction of sp³-hybridized carbons (Fsp3) is 0.400. The molecule has 0 saturated carbocycles. The predicted octanol–water partition coefficient (Wildman–Crippen LogP) is 1.93. The van der Waals surface area contributed by atoms with Crippen molar-refractivity contribution >= 4 is 17.4 Å². The summed E-state index contributed by atoms with van der Waals surface area (Å²) in [6.07, 6.45) is 0. The molecule has 2 heterocycles. The lowest BCUT2D eigenvalue weighted by atomic mass is 10.3. The Morgan fingerprint density at radius 3 is 2.55 bits per heavy atom.